The summed E-state index contributed by atoms with van der Waals surface area (Å²) in [6.07, 6.45) is 0.495. The van der Waals surface area contributed by atoms with Gasteiger partial charge in [0, 0.05) is 0 Å². The Morgan fingerprint density at radius 1 is 1.28 bits per heavy atom. The van der Waals surface area contributed by atoms with E-state index in [0.29, 0.717) is 13.0 Å². The molecule has 1 aromatic carbocycles. The fourth-order valence-corrected chi connectivity index (χ4v) is 1.67. The van der Waals surface area contributed by atoms with Gasteiger partial charge < -0.3 is 9.84 Å². The molecule has 0 radical (unpaired) electrons. The van der Waals surface area contributed by atoms with Crippen LogP contribution in [0.3, 0.4) is 0 Å². The third kappa shape index (κ3) is 3.49. The molecule has 1 rings (SSSR count). The normalized spacial score (nSPS) is 11.4. The van der Waals surface area contributed by atoms with Crippen LogP contribution in [0.4, 0.5) is 0 Å². The number of ether oxygens (including phenoxy) is 1. The van der Waals surface area contributed by atoms with Gasteiger partial charge in [0.2, 0.25) is 0 Å². The van der Waals surface area contributed by atoms with Crippen LogP contribution >= 0.6 is 0 Å². The van der Waals surface area contributed by atoms with Crippen LogP contribution in [-0.4, -0.2) is 17.7 Å². The van der Waals surface area contributed by atoms with Gasteiger partial charge in [-0.1, -0.05) is 6.07 Å². The van der Waals surface area contributed by atoms with Crippen molar-refractivity contribution in [3.63, 3.8) is 0 Å². The molecule has 0 spiro atoms. The molecular formula is C15H22O3. The monoisotopic (exact) mass is 250 g/mol. The summed E-state index contributed by atoms with van der Waals surface area (Å²) in [7, 11) is 0. The maximum absolute atomic E-state index is 11.0. The summed E-state index contributed by atoms with van der Waals surface area (Å²) < 4.78 is 5.72. The highest BCUT2D eigenvalue weighted by Gasteiger charge is 2.26. The maximum atomic E-state index is 11.0. The Kier molecular flexibility index (Phi) is 4.38. The van der Waals surface area contributed by atoms with Gasteiger partial charge in [-0.25, -0.2) is 0 Å². The smallest absolute Gasteiger partial charge is 0.309 e. The summed E-state index contributed by atoms with van der Waals surface area (Å²) in [5.41, 5.74) is 2.73. The van der Waals surface area contributed by atoms with Gasteiger partial charge in [0.1, 0.15) is 5.75 Å². The molecule has 0 bridgehead atoms. The second kappa shape index (κ2) is 5.42. The van der Waals surface area contributed by atoms with E-state index in [1.165, 1.54) is 5.56 Å². The van der Waals surface area contributed by atoms with Crippen molar-refractivity contribution in [2.45, 2.75) is 41.0 Å². The molecule has 0 fully saturated rings. The number of aliphatic carboxylic acids is 1. The predicted molar refractivity (Wildman–Crippen MR) is 72.2 cm³/mol. The van der Waals surface area contributed by atoms with Crippen LogP contribution < -0.4 is 4.74 Å². The molecule has 0 unspecified atom stereocenters. The van der Waals surface area contributed by atoms with Crippen LogP contribution in [-0.2, 0) is 4.79 Å². The van der Waals surface area contributed by atoms with Gasteiger partial charge in [0.05, 0.1) is 12.0 Å². The van der Waals surface area contributed by atoms with Crippen molar-refractivity contribution in [3.05, 3.63) is 28.8 Å². The summed E-state index contributed by atoms with van der Waals surface area (Å²) in [6, 6.07) is 4.11. The average Bonchev–Trinajstić information content (AvgIpc) is 2.24. The van der Waals surface area contributed by atoms with Crippen LogP contribution in [0.2, 0.25) is 0 Å². The highest BCUT2D eigenvalue weighted by molar-refractivity contribution is 5.73. The standard InChI is InChI=1S/C15H22O3/c1-10-8-11(2)12(3)13(9-10)18-7-6-15(4,5)14(16)17/h8-9H,6-7H2,1-5H3,(H,16,17). The third-order valence-corrected chi connectivity index (χ3v) is 3.33. The molecule has 0 aromatic heterocycles. The number of carboxylic acids is 1. The molecule has 0 atom stereocenters. The van der Waals surface area contributed by atoms with E-state index in [9.17, 15) is 4.79 Å². The minimum atomic E-state index is -0.789. The van der Waals surface area contributed by atoms with Gasteiger partial charge >= 0.3 is 5.97 Å². The fraction of sp³-hybridized carbons (Fsp3) is 0.533. The number of carboxylic acid groups (broad SMARTS) is 1. The fourth-order valence-electron chi connectivity index (χ4n) is 1.67. The van der Waals surface area contributed by atoms with Crippen LogP contribution in [0.25, 0.3) is 0 Å². The van der Waals surface area contributed by atoms with Gasteiger partial charge in [-0.2, -0.15) is 0 Å². The first-order valence-electron chi connectivity index (χ1n) is 6.18. The first-order chi connectivity index (χ1) is 8.24. The Morgan fingerprint density at radius 3 is 2.44 bits per heavy atom. The molecule has 0 saturated carbocycles. The zero-order valence-electron chi connectivity index (χ0n) is 11.8. The SMILES string of the molecule is Cc1cc(C)c(C)c(OCCC(C)(C)C(=O)O)c1. The molecule has 1 N–H and O–H groups in total. The third-order valence-electron chi connectivity index (χ3n) is 3.33. The highest BCUT2D eigenvalue weighted by Crippen LogP contribution is 2.25. The Morgan fingerprint density at radius 2 is 1.89 bits per heavy atom. The molecule has 3 heteroatoms. The Labute approximate surface area is 109 Å². The van der Waals surface area contributed by atoms with E-state index < -0.39 is 11.4 Å². The molecule has 18 heavy (non-hydrogen) atoms. The van der Waals surface area contributed by atoms with E-state index in [4.69, 9.17) is 9.84 Å². The van der Waals surface area contributed by atoms with Gasteiger partial charge in [-0.3, -0.25) is 4.79 Å². The van der Waals surface area contributed by atoms with Crippen molar-refractivity contribution >= 4 is 5.97 Å². The van der Waals surface area contributed by atoms with Crippen LogP contribution in [0, 0.1) is 26.2 Å². The number of aryl methyl sites for hydroxylation is 2. The van der Waals surface area contributed by atoms with E-state index in [2.05, 4.69) is 13.0 Å². The molecule has 0 aliphatic heterocycles. The summed E-state index contributed by atoms with van der Waals surface area (Å²) in [5.74, 6) is 0.0666. The topological polar surface area (TPSA) is 46.5 Å². The summed E-state index contributed by atoms with van der Waals surface area (Å²) >= 11 is 0. The van der Waals surface area contributed by atoms with E-state index in [1.807, 2.05) is 19.9 Å². The molecule has 100 valence electrons. The zero-order chi connectivity index (χ0) is 13.9. The maximum Gasteiger partial charge on any atom is 0.309 e. The van der Waals surface area contributed by atoms with Crippen molar-refractivity contribution in [1.82, 2.24) is 0 Å². The molecule has 0 aliphatic carbocycles. The lowest BCUT2D eigenvalue weighted by molar-refractivity contribution is -0.147. The minimum Gasteiger partial charge on any atom is -0.493 e. The van der Waals surface area contributed by atoms with Crippen LogP contribution in [0.5, 0.6) is 5.75 Å². The molecule has 0 amide bonds. The second-order valence-corrected chi connectivity index (χ2v) is 5.49. The van der Waals surface area contributed by atoms with Gasteiger partial charge in [0.15, 0.2) is 0 Å². The average molecular weight is 250 g/mol. The Bertz CT molecular complexity index is 447. The second-order valence-electron chi connectivity index (χ2n) is 5.49. The molecule has 1 aromatic rings. The number of carbonyl (C=O) groups is 1. The summed E-state index contributed by atoms with van der Waals surface area (Å²) in [5, 5.41) is 9.03. The lowest BCUT2D eigenvalue weighted by Crippen LogP contribution is -2.26. The quantitative estimate of drug-likeness (QED) is 0.870. The van der Waals surface area contributed by atoms with E-state index in [-0.39, 0.29) is 0 Å². The molecule has 0 saturated heterocycles. The van der Waals surface area contributed by atoms with Crippen molar-refractivity contribution in [2.24, 2.45) is 5.41 Å². The largest absolute Gasteiger partial charge is 0.493 e. The Balaban J connectivity index is 2.68. The number of benzene rings is 1. The lowest BCUT2D eigenvalue weighted by Gasteiger charge is -2.20. The van der Waals surface area contributed by atoms with Gasteiger partial charge in [0.25, 0.3) is 0 Å². The molecule has 3 nitrogen and oxygen atoms in total. The van der Waals surface area contributed by atoms with Crippen LogP contribution in [0.1, 0.15) is 37.0 Å². The first-order valence-corrected chi connectivity index (χ1v) is 6.18. The van der Waals surface area contributed by atoms with Gasteiger partial charge in [-0.15, -0.1) is 0 Å². The molecule has 0 heterocycles. The number of rotatable bonds is 5. The molecular weight excluding hydrogens is 228 g/mol. The summed E-state index contributed by atoms with van der Waals surface area (Å²) in [4.78, 5) is 11.0. The van der Waals surface area contributed by atoms with Crippen molar-refractivity contribution < 1.29 is 14.6 Å². The van der Waals surface area contributed by atoms with Crippen molar-refractivity contribution in [2.75, 3.05) is 6.61 Å². The number of hydrogen-bond donors (Lipinski definition) is 1. The first kappa shape index (κ1) is 14.6. The lowest BCUT2D eigenvalue weighted by atomic mass is 9.90. The van der Waals surface area contributed by atoms with Gasteiger partial charge in [-0.05, 0) is 63.8 Å². The minimum absolute atomic E-state index is 0.420. The van der Waals surface area contributed by atoms with Crippen molar-refractivity contribution in [1.29, 1.82) is 0 Å². The van der Waals surface area contributed by atoms with Crippen LogP contribution in [0.15, 0.2) is 12.1 Å². The highest BCUT2D eigenvalue weighted by atomic mass is 16.5. The zero-order valence-corrected chi connectivity index (χ0v) is 11.8. The van der Waals surface area contributed by atoms with E-state index >= 15 is 0 Å². The number of hydrogen-bond acceptors (Lipinski definition) is 2. The predicted octanol–water partition coefficient (Wildman–Crippen LogP) is 3.49. The summed E-state index contributed by atoms with van der Waals surface area (Å²) in [6.45, 7) is 9.95. The van der Waals surface area contributed by atoms with E-state index in [0.717, 1.165) is 16.9 Å². The Hall–Kier alpha value is -1.51. The molecule has 0 aliphatic rings. The van der Waals surface area contributed by atoms with E-state index in [1.54, 1.807) is 13.8 Å². The van der Waals surface area contributed by atoms with Crippen molar-refractivity contribution in [3.8, 4) is 5.75 Å².